The van der Waals surface area contributed by atoms with Crippen LogP contribution in [0.5, 0.6) is 0 Å². The molecular formula is C9H10N4O. The van der Waals surface area contributed by atoms with Crippen LogP contribution in [0.1, 0.15) is 0 Å². The monoisotopic (exact) mass is 190 g/mol. The first-order chi connectivity index (χ1) is 6.75. The zero-order valence-electron chi connectivity index (χ0n) is 7.47. The highest BCUT2D eigenvalue weighted by atomic mass is 16.1. The van der Waals surface area contributed by atoms with Gasteiger partial charge in [-0.3, -0.25) is 4.79 Å². The van der Waals surface area contributed by atoms with E-state index >= 15 is 0 Å². The molecule has 0 aromatic heterocycles. The Morgan fingerprint density at radius 3 is 3.29 bits per heavy atom. The van der Waals surface area contributed by atoms with Gasteiger partial charge in [-0.25, -0.2) is 4.99 Å². The van der Waals surface area contributed by atoms with E-state index < -0.39 is 0 Å². The van der Waals surface area contributed by atoms with E-state index in [2.05, 4.69) is 10.3 Å². The molecule has 2 rings (SSSR count). The first kappa shape index (κ1) is 8.55. The number of carbonyl (C=O) groups is 1. The summed E-state index contributed by atoms with van der Waals surface area (Å²) in [5.74, 6) is -0.358. The second-order valence-electron chi connectivity index (χ2n) is 3.00. The van der Waals surface area contributed by atoms with Gasteiger partial charge in [0.05, 0.1) is 12.0 Å². The molecule has 14 heavy (non-hydrogen) atoms. The zero-order valence-corrected chi connectivity index (χ0v) is 7.47. The van der Waals surface area contributed by atoms with Crippen LogP contribution in [-0.4, -0.2) is 23.7 Å². The van der Waals surface area contributed by atoms with E-state index in [0.717, 1.165) is 11.3 Å². The number of amides is 1. The summed E-state index contributed by atoms with van der Waals surface area (Å²) in [6, 6.07) is 0. The number of carbonyl (C=O) groups excluding carboxylic acids is 1. The minimum atomic E-state index is -0.358. The number of allylic oxidation sites excluding steroid dienone is 1. The van der Waals surface area contributed by atoms with Crippen LogP contribution in [-0.2, 0) is 4.79 Å². The summed E-state index contributed by atoms with van der Waals surface area (Å²) in [6.45, 7) is 0.187. The first-order valence-corrected chi connectivity index (χ1v) is 4.18. The van der Waals surface area contributed by atoms with Crippen LogP contribution in [0.2, 0.25) is 0 Å². The van der Waals surface area contributed by atoms with Gasteiger partial charge in [0.15, 0.2) is 0 Å². The predicted molar refractivity (Wildman–Crippen MR) is 52.8 cm³/mol. The second-order valence-corrected chi connectivity index (χ2v) is 3.00. The lowest BCUT2D eigenvalue weighted by atomic mass is 10.1. The number of nitrogens with one attached hydrogen (secondary N) is 1. The van der Waals surface area contributed by atoms with Crippen molar-refractivity contribution in [2.45, 2.75) is 0 Å². The topological polar surface area (TPSA) is 70.7 Å². The van der Waals surface area contributed by atoms with Gasteiger partial charge < -0.3 is 16.0 Å². The molecule has 0 bridgehead atoms. The van der Waals surface area contributed by atoms with Crippen LogP contribution in [0.4, 0.5) is 0 Å². The Hall–Kier alpha value is -2.04. The molecule has 0 radical (unpaired) electrons. The van der Waals surface area contributed by atoms with Crippen molar-refractivity contribution < 1.29 is 4.79 Å². The molecule has 0 atom stereocenters. The summed E-state index contributed by atoms with van der Waals surface area (Å²) >= 11 is 0. The highest BCUT2D eigenvalue weighted by Gasteiger charge is 2.12. The van der Waals surface area contributed by atoms with E-state index in [-0.39, 0.29) is 12.5 Å². The van der Waals surface area contributed by atoms with Gasteiger partial charge in [0.1, 0.15) is 6.54 Å². The van der Waals surface area contributed by atoms with Crippen molar-refractivity contribution >= 4 is 12.2 Å². The molecule has 2 aliphatic rings. The van der Waals surface area contributed by atoms with Crippen molar-refractivity contribution in [1.29, 1.82) is 0 Å². The molecule has 0 unspecified atom stereocenters. The van der Waals surface area contributed by atoms with Crippen molar-refractivity contribution in [1.82, 2.24) is 10.2 Å². The highest BCUT2D eigenvalue weighted by molar-refractivity contribution is 5.76. The Morgan fingerprint density at radius 1 is 1.64 bits per heavy atom. The maximum atomic E-state index is 10.7. The number of primary amides is 1. The predicted octanol–water partition coefficient (Wildman–Crippen LogP) is -0.342. The molecule has 0 aromatic rings. The summed E-state index contributed by atoms with van der Waals surface area (Å²) in [5, 5.41) is 2.98. The summed E-state index contributed by atoms with van der Waals surface area (Å²) in [6.07, 6.45) is 8.84. The molecule has 0 saturated heterocycles. The normalized spacial score (nSPS) is 18.1. The van der Waals surface area contributed by atoms with Gasteiger partial charge in [0.2, 0.25) is 5.91 Å². The quantitative estimate of drug-likeness (QED) is 0.625. The van der Waals surface area contributed by atoms with Crippen LogP contribution >= 0.6 is 0 Å². The number of nitrogens with two attached hydrogens (primary N) is 1. The lowest BCUT2D eigenvalue weighted by Crippen LogP contribution is -2.30. The van der Waals surface area contributed by atoms with Gasteiger partial charge in [0.25, 0.3) is 0 Å². The molecule has 72 valence electrons. The number of hydrogen-bond acceptors (Lipinski definition) is 4. The van der Waals surface area contributed by atoms with Crippen LogP contribution < -0.4 is 11.1 Å². The molecule has 2 heterocycles. The Labute approximate surface area is 81.3 Å². The standard InChI is InChI=1S/C9H10N4O/c10-9(14)5-13-2-1-7-3-11-6-12-8(7)4-13/h1-4,6H,5H2,(H2,10,14)(H,11,12). The van der Waals surface area contributed by atoms with E-state index in [4.69, 9.17) is 5.73 Å². The Bertz CT molecular complexity index is 378. The van der Waals surface area contributed by atoms with E-state index in [0.29, 0.717) is 0 Å². The SMILES string of the molecule is NC(=O)CN1C=CC2=CN=CNC2=C1. The fourth-order valence-electron chi connectivity index (χ4n) is 1.29. The lowest BCUT2D eigenvalue weighted by molar-refractivity contribution is -0.118. The first-order valence-electron chi connectivity index (χ1n) is 4.18. The molecule has 0 fully saturated rings. The van der Waals surface area contributed by atoms with Crippen LogP contribution in [0.25, 0.3) is 0 Å². The molecule has 0 spiro atoms. The maximum Gasteiger partial charge on any atom is 0.237 e. The average molecular weight is 190 g/mol. The Kier molecular flexibility index (Phi) is 2.06. The number of rotatable bonds is 2. The average Bonchev–Trinajstić information content (AvgIpc) is 2.17. The zero-order chi connectivity index (χ0) is 9.97. The number of fused-ring (bicyclic) bond motifs is 1. The molecular weight excluding hydrogens is 180 g/mol. The number of nitrogens with zero attached hydrogens (tertiary/aromatic N) is 2. The largest absolute Gasteiger partial charge is 0.368 e. The van der Waals surface area contributed by atoms with Crippen molar-refractivity contribution in [3.05, 3.63) is 35.9 Å². The van der Waals surface area contributed by atoms with Gasteiger partial charge >= 0.3 is 0 Å². The Morgan fingerprint density at radius 2 is 2.50 bits per heavy atom. The molecule has 5 heteroatoms. The summed E-state index contributed by atoms with van der Waals surface area (Å²) in [5.41, 5.74) is 7.00. The van der Waals surface area contributed by atoms with Gasteiger partial charge in [0, 0.05) is 24.2 Å². The minimum absolute atomic E-state index is 0.187. The third kappa shape index (κ3) is 1.66. The second kappa shape index (κ2) is 3.37. The van der Waals surface area contributed by atoms with E-state index in [1.807, 2.05) is 12.3 Å². The molecule has 0 aliphatic carbocycles. The summed E-state index contributed by atoms with van der Waals surface area (Å²) < 4.78 is 0. The highest BCUT2D eigenvalue weighted by Crippen LogP contribution is 2.17. The number of hydrogen-bond donors (Lipinski definition) is 2. The van der Waals surface area contributed by atoms with E-state index in [1.54, 1.807) is 23.6 Å². The van der Waals surface area contributed by atoms with Crippen molar-refractivity contribution in [2.75, 3.05) is 6.54 Å². The minimum Gasteiger partial charge on any atom is -0.368 e. The maximum absolute atomic E-state index is 10.7. The van der Waals surface area contributed by atoms with Gasteiger partial charge in [-0.05, 0) is 6.08 Å². The van der Waals surface area contributed by atoms with Crippen LogP contribution in [0.15, 0.2) is 40.9 Å². The molecule has 3 N–H and O–H groups in total. The molecule has 0 aromatic carbocycles. The van der Waals surface area contributed by atoms with Crippen LogP contribution in [0, 0.1) is 0 Å². The third-order valence-electron chi connectivity index (χ3n) is 1.90. The van der Waals surface area contributed by atoms with E-state index in [1.165, 1.54) is 0 Å². The molecule has 5 nitrogen and oxygen atoms in total. The smallest absolute Gasteiger partial charge is 0.237 e. The van der Waals surface area contributed by atoms with Crippen molar-refractivity contribution in [3.8, 4) is 0 Å². The van der Waals surface area contributed by atoms with Gasteiger partial charge in [-0.1, -0.05) is 0 Å². The van der Waals surface area contributed by atoms with Gasteiger partial charge in [-0.2, -0.15) is 0 Å². The van der Waals surface area contributed by atoms with Crippen molar-refractivity contribution in [2.24, 2.45) is 10.7 Å². The lowest BCUT2D eigenvalue weighted by Gasteiger charge is -2.22. The summed E-state index contributed by atoms with van der Waals surface area (Å²) in [4.78, 5) is 16.4. The fourth-order valence-corrected chi connectivity index (χ4v) is 1.29. The number of aliphatic imine (C=N–C) groups is 1. The molecule has 1 amide bonds. The Balaban J connectivity index is 2.15. The summed E-state index contributed by atoms with van der Waals surface area (Å²) in [7, 11) is 0. The van der Waals surface area contributed by atoms with Crippen molar-refractivity contribution in [3.63, 3.8) is 0 Å². The van der Waals surface area contributed by atoms with Gasteiger partial charge in [-0.15, -0.1) is 0 Å². The third-order valence-corrected chi connectivity index (χ3v) is 1.90. The fraction of sp³-hybridized carbons (Fsp3) is 0.111. The molecule has 0 saturated carbocycles. The molecule has 2 aliphatic heterocycles. The van der Waals surface area contributed by atoms with Crippen LogP contribution in [0.3, 0.4) is 0 Å². The van der Waals surface area contributed by atoms with E-state index in [9.17, 15) is 4.79 Å².